The Morgan fingerprint density at radius 1 is 1.60 bits per heavy atom. The monoisotopic (exact) mass is 231 g/mol. The highest BCUT2D eigenvalue weighted by Gasteiger charge is 2.14. The molecule has 0 unspecified atom stereocenters. The topological polar surface area (TPSA) is 85.1 Å². The predicted octanol–water partition coefficient (Wildman–Crippen LogP) is 0.0892. The lowest BCUT2D eigenvalue weighted by Crippen LogP contribution is -2.33. The lowest BCUT2D eigenvalue weighted by molar-refractivity contribution is -0.117. The Bertz CT molecular complexity index is 411. The van der Waals surface area contributed by atoms with E-state index in [4.69, 9.17) is 17.3 Å². The molecule has 0 spiro atoms. The van der Waals surface area contributed by atoms with Gasteiger partial charge in [-0.25, -0.2) is 9.37 Å². The molecule has 1 rings (SSSR count). The van der Waals surface area contributed by atoms with E-state index in [9.17, 15) is 14.0 Å². The normalized spacial score (nSPS) is 9.73. The van der Waals surface area contributed by atoms with Crippen LogP contribution >= 0.6 is 11.6 Å². The van der Waals surface area contributed by atoms with Crippen LogP contribution in [0.5, 0.6) is 0 Å². The van der Waals surface area contributed by atoms with Gasteiger partial charge in [0, 0.05) is 6.20 Å². The molecule has 0 radical (unpaired) electrons. The van der Waals surface area contributed by atoms with Crippen LogP contribution in [0.2, 0.25) is 5.15 Å². The first-order valence-corrected chi connectivity index (χ1v) is 4.26. The van der Waals surface area contributed by atoms with E-state index in [2.05, 4.69) is 10.3 Å². The first-order valence-electron chi connectivity index (χ1n) is 3.89. The van der Waals surface area contributed by atoms with Gasteiger partial charge in [0.05, 0.1) is 12.1 Å². The van der Waals surface area contributed by atoms with E-state index >= 15 is 0 Å². The summed E-state index contributed by atoms with van der Waals surface area (Å²) in [6.07, 6.45) is 1.19. The van der Waals surface area contributed by atoms with E-state index in [0.717, 1.165) is 6.07 Å². The summed E-state index contributed by atoms with van der Waals surface area (Å²) in [5.41, 5.74) is 4.52. The first kappa shape index (κ1) is 11.4. The third kappa shape index (κ3) is 2.88. The van der Waals surface area contributed by atoms with Crippen LogP contribution < -0.4 is 11.1 Å². The van der Waals surface area contributed by atoms with E-state index < -0.39 is 22.8 Å². The molecule has 0 atom stereocenters. The fourth-order valence-electron chi connectivity index (χ4n) is 0.856. The van der Waals surface area contributed by atoms with Crippen LogP contribution in [0, 0.1) is 5.82 Å². The Hall–Kier alpha value is -1.69. The van der Waals surface area contributed by atoms with Crippen LogP contribution in [0.4, 0.5) is 4.39 Å². The molecule has 1 aromatic heterocycles. The Labute approximate surface area is 89.4 Å². The molecule has 15 heavy (non-hydrogen) atoms. The van der Waals surface area contributed by atoms with Crippen molar-refractivity contribution in [1.29, 1.82) is 0 Å². The number of pyridine rings is 1. The number of halogens is 2. The van der Waals surface area contributed by atoms with Crippen molar-refractivity contribution in [2.75, 3.05) is 6.54 Å². The number of nitrogens with one attached hydrogen (secondary N) is 1. The third-order valence-corrected chi connectivity index (χ3v) is 1.78. The minimum Gasteiger partial charge on any atom is -0.368 e. The van der Waals surface area contributed by atoms with E-state index in [0.29, 0.717) is 0 Å². The second kappa shape index (κ2) is 4.70. The van der Waals surface area contributed by atoms with Crippen LogP contribution in [-0.2, 0) is 4.79 Å². The van der Waals surface area contributed by atoms with Gasteiger partial charge in [0.15, 0.2) is 11.0 Å². The SMILES string of the molecule is NC(=O)CNC(=O)c1ccnc(Cl)c1F. The molecule has 2 amide bonds. The summed E-state index contributed by atoms with van der Waals surface area (Å²) >= 11 is 5.36. The zero-order valence-electron chi connectivity index (χ0n) is 7.46. The molecule has 0 saturated carbocycles. The Morgan fingerprint density at radius 3 is 2.87 bits per heavy atom. The van der Waals surface area contributed by atoms with E-state index in [1.807, 2.05) is 0 Å². The summed E-state index contributed by atoms with van der Waals surface area (Å²) in [6.45, 7) is -0.363. The summed E-state index contributed by atoms with van der Waals surface area (Å²) in [6, 6.07) is 1.15. The number of rotatable bonds is 3. The second-order valence-corrected chi connectivity index (χ2v) is 2.97. The fraction of sp³-hybridized carbons (Fsp3) is 0.125. The number of nitrogens with two attached hydrogens (primary N) is 1. The van der Waals surface area contributed by atoms with Crippen molar-refractivity contribution in [3.63, 3.8) is 0 Å². The van der Waals surface area contributed by atoms with Gasteiger partial charge in [-0.05, 0) is 6.07 Å². The van der Waals surface area contributed by atoms with Gasteiger partial charge in [0.25, 0.3) is 5.91 Å². The molecule has 0 saturated heterocycles. The molecule has 0 bridgehead atoms. The van der Waals surface area contributed by atoms with Crippen LogP contribution in [-0.4, -0.2) is 23.3 Å². The van der Waals surface area contributed by atoms with Gasteiger partial charge in [-0.1, -0.05) is 11.6 Å². The largest absolute Gasteiger partial charge is 0.368 e. The van der Waals surface area contributed by atoms with Crippen molar-refractivity contribution in [3.8, 4) is 0 Å². The Balaban J connectivity index is 2.82. The summed E-state index contributed by atoms with van der Waals surface area (Å²) in [5, 5.41) is 1.73. The van der Waals surface area contributed by atoms with Crippen LogP contribution in [0.15, 0.2) is 12.3 Å². The second-order valence-electron chi connectivity index (χ2n) is 2.61. The van der Waals surface area contributed by atoms with E-state index in [-0.39, 0.29) is 12.1 Å². The molecule has 1 heterocycles. The number of hydrogen-bond donors (Lipinski definition) is 2. The predicted molar refractivity (Wildman–Crippen MR) is 50.7 cm³/mol. The lowest BCUT2D eigenvalue weighted by Gasteiger charge is -2.03. The third-order valence-electron chi connectivity index (χ3n) is 1.51. The van der Waals surface area contributed by atoms with Crippen molar-refractivity contribution in [2.45, 2.75) is 0 Å². The standard InChI is InChI=1S/C8H7ClFN3O2/c9-7-6(10)4(1-2-12-7)8(15)13-3-5(11)14/h1-2H,3H2,(H2,11,14)(H,13,15). The van der Waals surface area contributed by atoms with Crippen molar-refractivity contribution in [2.24, 2.45) is 5.73 Å². The number of aromatic nitrogens is 1. The average molecular weight is 232 g/mol. The number of primary amides is 1. The molecule has 1 aromatic rings. The van der Waals surface area contributed by atoms with E-state index in [1.54, 1.807) is 0 Å². The molecular formula is C8H7ClFN3O2. The summed E-state index contributed by atoms with van der Waals surface area (Å²) in [7, 11) is 0. The van der Waals surface area contributed by atoms with Gasteiger partial charge >= 0.3 is 0 Å². The van der Waals surface area contributed by atoms with Gasteiger partial charge in [-0.3, -0.25) is 9.59 Å². The van der Waals surface area contributed by atoms with Crippen LogP contribution in [0.1, 0.15) is 10.4 Å². The highest BCUT2D eigenvalue weighted by Crippen LogP contribution is 2.14. The minimum absolute atomic E-state index is 0.281. The zero-order chi connectivity index (χ0) is 11.4. The van der Waals surface area contributed by atoms with Crippen molar-refractivity contribution in [1.82, 2.24) is 10.3 Å². The number of carbonyl (C=O) groups is 2. The number of nitrogens with zero attached hydrogens (tertiary/aromatic N) is 1. The lowest BCUT2D eigenvalue weighted by atomic mass is 10.2. The fourth-order valence-corrected chi connectivity index (χ4v) is 1.01. The minimum atomic E-state index is -0.930. The maximum absolute atomic E-state index is 13.2. The maximum Gasteiger partial charge on any atom is 0.254 e. The van der Waals surface area contributed by atoms with Crippen LogP contribution in [0.3, 0.4) is 0 Å². The van der Waals surface area contributed by atoms with Crippen molar-refractivity contribution in [3.05, 3.63) is 28.8 Å². The molecule has 0 aromatic carbocycles. The highest BCUT2D eigenvalue weighted by molar-refractivity contribution is 6.29. The molecule has 3 N–H and O–H groups in total. The van der Waals surface area contributed by atoms with Gasteiger partial charge < -0.3 is 11.1 Å². The van der Waals surface area contributed by atoms with Crippen LogP contribution in [0.25, 0.3) is 0 Å². The summed E-state index contributed by atoms with van der Waals surface area (Å²) in [5.74, 6) is -2.42. The molecule has 80 valence electrons. The highest BCUT2D eigenvalue weighted by atomic mass is 35.5. The zero-order valence-corrected chi connectivity index (χ0v) is 8.21. The number of hydrogen-bond acceptors (Lipinski definition) is 3. The van der Waals surface area contributed by atoms with Crippen molar-refractivity contribution < 1.29 is 14.0 Å². The van der Waals surface area contributed by atoms with Crippen molar-refractivity contribution >= 4 is 23.4 Å². The number of carbonyl (C=O) groups excluding carboxylic acids is 2. The smallest absolute Gasteiger partial charge is 0.254 e. The Morgan fingerprint density at radius 2 is 2.27 bits per heavy atom. The molecule has 0 fully saturated rings. The molecule has 0 aliphatic heterocycles. The Kier molecular flexibility index (Phi) is 3.56. The first-order chi connectivity index (χ1) is 7.02. The molecule has 5 nitrogen and oxygen atoms in total. The molecule has 7 heteroatoms. The van der Waals surface area contributed by atoms with Gasteiger partial charge in [-0.2, -0.15) is 0 Å². The summed E-state index contributed by atoms with van der Waals surface area (Å²) in [4.78, 5) is 25.1. The van der Waals surface area contributed by atoms with Gasteiger partial charge in [-0.15, -0.1) is 0 Å². The van der Waals surface area contributed by atoms with E-state index in [1.165, 1.54) is 6.20 Å². The maximum atomic E-state index is 13.2. The molecular weight excluding hydrogens is 225 g/mol. The quantitative estimate of drug-likeness (QED) is 0.723. The average Bonchev–Trinajstić information content (AvgIpc) is 2.18. The van der Waals surface area contributed by atoms with Gasteiger partial charge in [0.2, 0.25) is 5.91 Å². The molecule has 0 aliphatic rings. The molecule has 0 aliphatic carbocycles. The van der Waals surface area contributed by atoms with Gasteiger partial charge in [0.1, 0.15) is 0 Å². The summed E-state index contributed by atoms with van der Waals surface area (Å²) < 4.78 is 13.2. The number of amides is 2.